The minimum Gasteiger partial charge on any atom is -0.384 e. The summed E-state index contributed by atoms with van der Waals surface area (Å²) in [6, 6.07) is 5.57. The molecule has 0 saturated carbocycles. The quantitative estimate of drug-likeness (QED) is 0.474. The summed E-state index contributed by atoms with van der Waals surface area (Å²) >= 11 is -2.21. The summed E-state index contributed by atoms with van der Waals surface area (Å²) in [5.41, 5.74) is 0.937. The van der Waals surface area contributed by atoms with Gasteiger partial charge in [0, 0.05) is 18.7 Å². The molecule has 13 nitrogen and oxygen atoms in total. The molecule has 1 fully saturated rings. The summed E-state index contributed by atoms with van der Waals surface area (Å²) in [6.07, 6.45) is 0. The van der Waals surface area contributed by atoms with Gasteiger partial charge in [-0.05, 0) is 25.5 Å². The van der Waals surface area contributed by atoms with Crippen LogP contribution in [0.2, 0.25) is 0 Å². The van der Waals surface area contributed by atoms with Crippen molar-refractivity contribution < 1.29 is 22.9 Å². The molecule has 0 aliphatic carbocycles. The van der Waals surface area contributed by atoms with Crippen molar-refractivity contribution in [1.82, 2.24) is 14.4 Å². The number of guanidine groups is 1. The number of hydrogen-bond acceptors (Lipinski definition) is 8. The average molecular weight is 424 g/mol. The average Bonchev–Trinajstić information content (AvgIpc) is 3.23. The van der Waals surface area contributed by atoms with E-state index in [0.717, 1.165) is 10.4 Å². The molecule has 1 unspecified atom stereocenters. The van der Waals surface area contributed by atoms with Crippen molar-refractivity contribution in [2.45, 2.75) is 20.4 Å². The smallest absolute Gasteiger partial charge is 0.321 e. The zero-order valence-electron chi connectivity index (χ0n) is 15.4. The first-order chi connectivity index (χ1) is 13.7. The number of hydrazone groups is 1. The van der Waals surface area contributed by atoms with E-state index in [0.29, 0.717) is 17.0 Å². The minimum atomic E-state index is -2.21. The second-order valence-corrected chi connectivity index (χ2v) is 7.15. The first-order valence-corrected chi connectivity index (χ1v) is 9.30. The molecule has 1 aliphatic heterocycles. The van der Waals surface area contributed by atoms with Gasteiger partial charge in [0.25, 0.3) is 11.6 Å². The summed E-state index contributed by atoms with van der Waals surface area (Å²) in [4.78, 5) is 22.8. The Labute approximate surface area is 166 Å². The molecule has 2 heterocycles. The van der Waals surface area contributed by atoms with Crippen LogP contribution in [0.3, 0.4) is 0 Å². The predicted molar refractivity (Wildman–Crippen MR) is 99.4 cm³/mol. The second kappa shape index (κ2) is 8.22. The maximum atomic E-state index is 12.7. The molecule has 1 aromatic heterocycles. The van der Waals surface area contributed by atoms with Gasteiger partial charge in [-0.25, -0.2) is 14.4 Å². The van der Waals surface area contributed by atoms with Gasteiger partial charge >= 0.3 is 11.3 Å². The largest absolute Gasteiger partial charge is 0.384 e. The fourth-order valence-electron chi connectivity index (χ4n) is 2.64. The van der Waals surface area contributed by atoms with Gasteiger partial charge in [0.2, 0.25) is 0 Å². The van der Waals surface area contributed by atoms with E-state index in [1.54, 1.807) is 19.9 Å². The molecule has 14 heteroatoms. The molecular weight excluding hydrogens is 408 g/mol. The third kappa shape index (κ3) is 4.66. The lowest BCUT2D eigenvalue weighted by atomic mass is 10.2. The van der Waals surface area contributed by atoms with Crippen LogP contribution in [0.25, 0.3) is 0 Å². The SMILES string of the molecule is Cc1cc(CN2CCN(S(=O)Oc3cc([N+](=O)[O-])ccc3C)C2=N[N+](=O)[O-])on1. The van der Waals surface area contributed by atoms with Crippen molar-refractivity contribution in [3.63, 3.8) is 0 Å². The number of aromatic nitrogens is 1. The number of nitro groups is 2. The van der Waals surface area contributed by atoms with Crippen LogP contribution < -0.4 is 4.18 Å². The Morgan fingerprint density at radius 2 is 2.03 bits per heavy atom. The standard InChI is InChI=1S/C15H16N6O7S/c1-10-3-4-12(20(22)23)8-14(10)28-29(26)19-6-5-18(15(19)16-21(24)25)9-13-7-11(2)17-27-13/h3-4,7-8H,5-6,9H2,1-2H3. The predicted octanol–water partition coefficient (Wildman–Crippen LogP) is 1.52. The van der Waals surface area contributed by atoms with E-state index in [4.69, 9.17) is 8.71 Å². The van der Waals surface area contributed by atoms with Gasteiger partial charge in [-0.1, -0.05) is 5.16 Å². The second-order valence-electron chi connectivity index (χ2n) is 6.10. The van der Waals surface area contributed by atoms with Crippen LogP contribution >= 0.6 is 0 Å². The van der Waals surface area contributed by atoms with Crippen LogP contribution in [0.4, 0.5) is 5.69 Å². The summed E-state index contributed by atoms with van der Waals surface area (Å²) in [7, 11) is 0. The molecule has 0 bridgehead atoms. The van der Waals surface area contributed by atoms with E-state index in [1.807, 2.05) is 0 Å². The Morgan fingerprint density at radius 1 is 1.28 bits per heavy atom. The van der Waals surface area contributed by atoms with Gasteiger partial charge in [-0.3, -0.25) is 10.1 Å². The lowest BCUT2D eigenvalue weighted by molar-refractivity contribution is -0.486. The lowest BCUT2D eigenvalue weighted by Gasteiger charge is -2.18. The summed E-state index contributed by atoms with van der Waals surface area (Å²) in [5.74, 6) is 0.314. The van der Waals surface area contributed by atoms with Crippen molar-refractivity contribution in [3.05, 3.63) is 61.5 Å². The monoisotopic (exact) mass is 424 g/mol. The normalized spacial score (nSPS) is 16.3. The number of rotatable bonds is 7. The molecular formula is C15H16N6O7S. The maximum Gasteiger partial charge on any atom is 0.321 e. The van der Waals surface area contributed by atoms with Crippen LogP contribution in [-0.4, -0.2) is 47.6 Å². The Hall–Kier alpha value is -3.55. The van der Waals surface area contributed by atoms with E-state index in [9.17, 15) is 24.4 Å². The van der Waals surface area contributed by atoms with Gasteiger partial charge in [-0.15, -0.1) is 0 Å². The van der Waals surface area contributed by atoms with E-state index < -0.39 is 21.2 Å². The van der Waals surface area contributed by atoms with Gasteiger partial charge in [-0.2, -0.15) is 4.21 Å². The topological polar surface area (TPSA) is 157 Å². The maximum absolute atomic E-state index is 12.7. The van der Waals surface area contributed by atoms with E-state index in [-0.39, 0.29) is 37.0 Å². The van der Waals surface area contributed by atoms with Gasteiger partial charge in [0.1, 0.15) is 5.10 Å². The van der Waals surface area contributed by atoms with E-state index in [1.165, 1.54) is 17.0 Å². The Morgan fingerprint density at radius 3 is 2.66 bits per heavy atom. The lowest BCUT2D eigenvalue weighted by Crippen LogP contribution is -2.37. The highest BCUT2D eigenvalue weighted by molar-refractivity contribution is 7.78. The molecule has 0 amide bonds. The first kappa shape index (κ1) is 20.2. The third-order valence-electron chi connectivity index (χ3n) is 4.00. The number of nitro benzene ring substituents is 1. The van der Waals surface area contributed by atoms with Crippen molar-refractivity contribution in [2.75, 3.05) is 13.1 Å². The van der Waals surface area contributed by atoms with Crippen LogP contribution in [0.15, 0.2) is 33.9 Å². The van der Waals surface area contributed by atoms with Crippen LogP contribution in [0.1, 0.15) is 17.0 Å². The number of hydrogen-bond donors (Lipinski definition) is 0. The van der Waals surface area contributed by atoms with Crippen molar-refractivity contribution in [2.24, 2.45) is 5.10 Å². The molecule has 29 heavy (non-hydrogen) atoms. The molecule has 0 N–H and O–H groups in total. The molecule has 1 atom stereocenters. The molecule has 1 aliphatic rings. The Bertz CT molecular complexity index is 1010. The van der Waals surface area contributed by atoms with Gasteiger partial charge in [0.15, 0.2) is 16.5 Å². The summed E-state index contributed by atoms with van der Waals surface area (Å²) in [6.45, 7) is 3.90. The van der Waals surface area contributed by atoms with Crippen LogP contribution in [0.5, 0.6) is 5.75 Å². The molecule has 2 aromatic rings. The molecule has 154 valence electrons. The number of aryl methyl sites for hydroxylation is 2. The zero-order valence-corrected chi connectivity index (χ0v) is 16.2. The highest BCUT2D eigenvalue weighted by Crippen LogP contribution is 2.26. The molecule has 0 spiro atoms. The third-order valence-corrected chi connectivity index (χ3v) is 5.02. The Kier molecular flexibility index (Phi) is 5.72. The number of non-ortho nitro benzene ring substituents is 1. The number of benzene rings is 1. The van der Waals surface area contributed by atoms with Crippen LogP contribution in [0, 0.1) is 34.1 Å². The van der Waals surface area contributed by atoms with Crippen molar-refractivity contribution in [1.29, 1.82) is 0 Å². The number of nitrogens with zero attached hydrogens (tertiary/aromatic N) is 6. The fraction of sp³-hybridized carbons (Fsp3) is 0.333. The van der Waals surface area contributed by atoms with Gasteiger partial charge in [0.05, 0.1) is 29.8 Å². The molecule has 1 aromatic carbocycles. The minimum absolute atomic E-state index is 0.0299. The zero-order chi connectivity index (χ0) is 21.1. The highest BCUT2D eigenvalue weighted by atomic mass is 32.2. The van der Waals surface area contributed by atoms with E-state index in [2.05, 4.69) is 10.3 Å². The van der Waals surface area contributed by atoms with E-state index >= 15 is 0 Å². The van der Waals surface area contributed by atoms with Crippen molar-refractivity contribution >= 4 is 22.9 Å². The van der Waals surface area contributed by atoms with Crippen LogP contribution in [-0.2, 0) is 17.8 Å². The summed E-state index contributed by atoms with van der Waals surface area (Å²) < 4.78 is 24.3. The molecule has 3 rings (SSSR count). The summed E-state index contributed by atoms with van der Waals surface area (Å²) in [5, 5.41) is 28.1. The molecule has 0 radical (unpaired) electrons. The first-order valence-electron chi connectivity index (χ1n) is 8.27. The molecule has 1 saturated heterocycles. The van der Waals surface area contributed by atoms with Crippen molar-refractivity contribution in [3.8, 4) is 5.75 Å². The highest BCUT2D eigenvalue weighted by Gasteiger charge is 2.36. The fourth-order valence-corrected chi connectivity index (χ4v) is 3.58. The Balaban J connectivity index is 1.81. The van der Waals surface area contributed by atoms with Gasteiger partial charge < -0.3 is 13.6 Å².